The first-order valence-corrected chi connectivity index (χ1v) is 10.3. The third-order valence-corrected chi connectivity index (χ3v) is 5.63. The van der Waals surface area contributed by atoms with Crippen LogP contribution in [0.25, 0.3) is 16.7 Å². The molecule has 2 bridgehead atoms. The Labute approximate surface area is 175 Å². The number of H-pyrrole nitrogens is 1. The summed E-state index contributed by atoms with van der Waals surface area (Å²) in [6, 6.07) is 2.20. The molecule has 30 heavy (non-hydrogen) atoms. The van der Waals surface area contributed by atoms with E-state index in [0.29, 0.717) is 29.6 Å². The third-order valence-electron chi connectivity index (χ3n) is 5.63. The third kappa shape index (κ3) is 3.67. The predicted octanol–water partition coefficient (Wildman–Crippen LogP) is 3.09. The Balaban J connectivity index is 1.58. The normalized spacial score (nSPS) is 21.4. The lowest BCUT2D eigenvalue weighted by Crippen LogP contribution is -2.56. The fourth-order valence-corrected chi connectivity index (χ4v) is 4.28. The van der Waals surface area contributed by atoms with E-state index in [2.05, 4.69) is 19.9 Å². The first-order chi connectivity index (χ1) is 14.5. The summed E-state index contributed by atoms with van der Waals surface area (Å²) >= 11 is 0. The minimum absolute atomic E-state index is 0.125. The summed E-state index contributed by atoms with van der Waals surface area (Å²) < 4.78 is 5.50. The SMILES string of the molecule is CC(C)COC(=O)N1C2CCC1CN(c1ccnc3[nH]c(/C(C=N)=C/C=N)nc13)C2. The van der Waals surface area contributed by atoms with Gasteiger partial charge in [0, 0.05) is 37.3 Å². The van der Waals surface area contributed by atoms with E-state index in [1.807, 2.05) is 24.8 Å². The van der Waals surface area contributed by atoms with Crippen LogP contribution in [0.3, 0.4) is 0 Å². The number of ether oxygens (including phenoxy) is 1. The van der Waals surface area contributed by atoms with Crippen molar-refractivity contribution in [1.29, 1.82) is 10.8 Å². The number of anilines is 1. The summed E-state index contributed by atoms with van der Waals surface area (Å²) in [6.45, 7) is 5.96. The number of carbonyl (C=O) groups excluding carboxylic acids is 1. The van der Waals surface area contributed by atoms with Crippen molar-refractivity contribution >= 4 is 40.9 Å². The Hall–Kier alpha value is -3.23. The quantitative estimate of drug-likeness (QED) is 0.633. The van der Waals surface area contributed by atoms with Crippen molar-refractivity contribution in [2.24, 2.45) is 5.92 Å². The van der Waals surface area contributed by atoms with E-state index in [1.54, 1.807) is 6.20 Å². The van der Waals surface area contributed by atoms with Crippen LogP contribution in [-0.4, -0.2) is 70.2 Å². The monoisotopic (exact) mass is 409 g/mol. The Morgan fingerprint density at radius 2 is 2.07 bits per heavy atom. The molecule has 2 fully saturated rings. The van der Waals surface area contributed by atoms with Gasteiger partial charge in [-0.05, 0) is 30.9 Å². The van der Waals surface area contributed by atoms with Crippen molar-refractivity contribution in [3.05, 3.63) is 24.2 Å². The second kappa shape index (κ2) is 8.25. The van der Waals surface area contributed by atoms with Crippen LogP contribution in [-0.2, 0) is 4.74 Å². The zero-order valence-corrected chi connectivity index (χ0v) is 17.3. The van der Waals surface area contributed by atoms with E-state index in [-0.39, 0.29) is 18.2 Å². The number of fused-ring (bicyclic) bond motifs is 3. The minimum Gasteiger partial charge on any atom is -0.449 e. The average molecular weight is 409 g/mol. The smallest absolute Gasteiger partial charge is 0.410 e. The van der Waals surface area contributed by atoms with Crippen LogP contribution >= 0.6 is 0 Å². The Morgan fingerprint density at radius 1 is 1.33 bits per heavy atom. The summed E-state index contributed by atoms with van der Waals surface area (Å²) in [7, 11) is 0. The van der Waals surface area contributed by atoms with Crippen molar-refractivity contribution in [2.75, 3.05) is 24.6 Å². The van der Waals surface area contributed by atoms with Crippen LogP contribution in [0.15, 0.2) is 18.3 Å². The number of carbonyl (C=O) groups is 1. The second-order valence-corrected chi connectivity index (χ2v) is 8.21. The van der Waals surface area contributed by atoms with Gasteiger partial charge in [0.2, 0.25) is 0 Å². The Morgan fingerprint density at radius 3 is 2.70 bits per heavy atom. The highest BCUT2D eigenvalue weighted by molar-refractivity contribution is 6.11. The minimum atomic E-state index is -0.204. The van der Waals surface area contributed by atoms with Gasteiger partial charge in [-0.2, -0.15) is 0 Å². The van der Waals surface area contributed by atoms with Gasteiger partial charge in [0.25, 0.3) is 0 Å². The van der Waals surface area contributed by atoms with Crippen molar-refractivity contribution in [3.63, 3.8) is 0 Å². The molecule has 2 aromatic rings. The van der Waals surface area contributed by atoms with Gasteiger partial charge in [-0.25, -0.2) is 14.8 Å². The molecule has 9 nitrogen and oxygen atoms in total. The average Bonchev–Trinajstić information content (AvgIpc) is 3.28. The topological polar surface area (TPSA) is 122 Å². The highest BCUT2D eigenvalue weighted by atomic mass is 16.6. The molecule has 0 aromatic carbocycles. The number of amides is 1. The first kappa shape index (κ1) is 20.1. The van der Waals surface area contributed by atoms with Gasteiger partial charge in [-0.1, -0.05) is 13.8 Å². The molecule has 4 rings (SSSR count). The summed E-state index contributed by atoms with van der Waals surface area (Å²) in [5.41, 5.74) is 2.87. The number of hydrogen-bond donors (Lipinski definition) is 3. The maximum Gasteiger partial charge on any atom is 0.410 e. The van der Waals surface area contributed by atoms with Crippen LogP contribution < -0.4 is 4.90 Å². The lowest BCUT2D eigenvalue weighted by molar-refractivity contribution is 0.0704. The van der Waals surface area contributed by atoms with E-state index in [9.17, 15) is 4.79 Å². The molecule has 0 saturated carbocycles. The van der Waals surface area contributed by atoms with Crippen LogP contribution in [0.4, 0.5) is 10.5 Å². The first-order valence-electron chi connectivity index (χ1n) is 10.3. The van der Waals surface area contributed by atoms with Crippen molar-refractivity contribution < 1.29 is 9.53 Å². The van der Waals surface area contributed by atoms with Crippen molar-refractivity contribution in [2.45, 2.75) is 38.8 Å². The van der Waals surface area contributed by atoms with E-state index >= 15 is 0 Å². The predicted molar refractivity (Wildman–Crippen MR) is 116 cm³/mol. The molecule has 2 saturated heterocycles. The Bertz CT molecular complexity index is 982. The largest absolute Gasteiger partial charge is 0.449 e. The van der Waals surface area contributed by atoms with Gasteiger partial charge in [0.15, 0.2) is 5.65 Å². The molecule has 9 heteroatoms. The number of pyridine rings is 1. The molecule has 4 heterocycles. The fourth-order valence-electron chi connectivity index (χ4n) is 4.28. The van der Waals surface area contributed by atoms with Crippen LogP contribution in [0, 0.1) is 16.7 Å². The zero-order valence-electron chi connectivity index (χ0n) is 17.3. The summed E-state index contributed by atoms with van der Waals surface area (Å²) in [5.74, 6) is 0.835. The summed E-state index contributed by atoms with van der Waals surface area (Å²) in [4.78, 5) is 29.0. The molecular formula is C21H27N7O2. The molecule has 2 aliphatic rings. The number of aromatic nitrogens is 3. The zero-order chi connectivity index (χ0) is 21.3. The molecular weight excluding hydrogens is 382 g/mol. The standard InChI is InChI=1S/C21H27N7O2/c1-13(2)12-30-21(29)28-15-3-4-16(28)11-27(10-15)17-6-8-24-20-18(17)25-19(26-20)14(9-23)5-7-22/h5-9,13,15-16,22-23H,3-4,10-12H2,1-2H3,(H,24,25,26)/b14-5+,22-7?,23-9?. The molecule has 0 radical (unpaired) electrons. The maximum atomic E-state index is 12.6. The second-order valence-electron chi connectivity index (χ2n) is 8.21. The highest BCUT2D eigenvalue weighted by Crippen LogP contribution is 2.35. The molecule has 2 aromatic heterocycles. The molecule has 158 valence electrons. The number of hydrogen-bond acceptors (Lipinski definition) is 7. The van der Waals surface area contributed by atoms with E-state index < -0.39 is 0 Å². The molecule has 2 atom stereocenters. The molecule has 2 unspecified atom stereocenters. The number of nitrogens with zero attached hydrogens (tertiary/aromatic N) is 4. The Kier molecular flexibility index (Phi) is 5.52. The molecule has 0 spiro atoms. The van der Waals surface area contributed by atoms with Gasteiger partial charge in [-0.15, -0.1) is 0 Å². The number of nitrogens with one attached hydrogen (secondary N) is 3. The fraction of sp³-hybridized carbons (Fsp3) is 0.476. The number of piperazine rings is 1. The number of allylic oxidation sites excluding steroid dienone is 2. The van der Waals surface area contributed by atoms with Gasteiger partial charge < -0.3 is 25.4 Å². The van der Waals surface area contributed by atoms with Crippen LogP contribution in [0.1, 0.15) is 32.5 Å². The molecule has 0 aliphatic carbocycles. The van der Waals surface area contributed by atoms with Gasteiger partial charge >= 0.3 is 6.09 Å². The van der Waals surface area contributed by atoms with Crippen molar-refractivity contribution in [3.8, 4) is 0 Å². The number of imidazole rings is 1. The summed E-state index contributed by atoms with van der Waals surface area (Å²) in [6.07, 6.45) is 7.31. The van der Waals surface area contributed by atoms with Crippen LogP contribution in [0.5, 0.6) is 0 Å². The van der Waals surface area contributed by atoms with Gasteiger partial charge in [0.05, 0.1) is 24.4 Å². The highest BCUT2D eigenvalue weighted by Gasteiger charge is 2.44. The number of aromatic amines is 1. The van der Waals surface area contributed by atoms with E-state index in [0.717, 1.165) is 43.3 Å². The van der Waals surface area contributed by atoms with Gasteiger partial charge in [0.1, 0.15) is 11.3 Å². The van der Waals surface area contributed by atoms with Gasteiger partial charge in [-0.3, -0.25) is 4.90 Å². The molecule has 1 amide bonds. The van der Waals surface area contributed by atoms with Crippen molar-refractivity contribution in [1.82, 2.24) is 19.9 Å². The maximum absolute atomic E-state index is 12.6. The lowest BCUT2D eigenvalue weighted by atomic mass is 10.1. The molecule has 3 N–H and O–H groups in total. The lowest BCUT2D eigenvalue weighted by Gasteiger charge is -2.41. The van der Waals surface area contributed by atoms with E-state index in [4.69, 9.17) is 15.6 Å². The summed E-state index contributed by atoms with van der Waals surface area (Å²) in [5, 5.41) is 14.8. The molecule has 2 aliphatic heterocycles. The van der Waals surface area contributed by atoms with E-state index in [1.165, 1.54) is 12.3 Å². The number of rotatable bonds is 6. The van der Waals surface area contributed by atoms with Crippen LogP contribution in [0.2, 0.25) is 0 Å².